The molecule has 2 aromatic rings. The van der Waals surface area contributed by atoms with Crippen molar-refractivity contribution in [2.24, 2.45) is 0 Å². The van der Waals surface area contributed by atoms with Crippen LogP contribution in [0, 0.1) is 6.92 Å². The van der Waals surface area contributed by atoms with Crippen LogP contribution in [0.2, 0.25) is 0 Å². The molecule has 2 rings (SSSR count). The van der Waals surface area contributed by atoms with Crippen LogP contribution in [0.4, 0.5) is 10.8 Å². The lowest BCUT2D eigenvalue weighted by Gasteiger charge is -2.06. The highest BCUT2D eigenvalue weighted by atomic mass is 32.1. The Balaban J connectivity index is 1.76. The van der Waals surface area contributed by atoms with Gasteiger partial charge in [0, 0.05) is 11.1 Å². The van der Waals surface area contributed by atoms with Crippen LogP contribution < -0.4 is 16.4 Å². The molecular weight excluding hydrogens is 288 g/mol. The molecule has 0 aliphatic heterocycles. The van der Waals surface area contributed by atoms with Crippen LogP contribution >= 0.6 is 11.3 Å². The topological polar surface area (TPSA) is 97.1 Å². The number of hydrogen-bond donors (Lipinski definition) is 3. The Kier molecular flexibility index (Phi) is 4.89. The summed E-state index contributed by atoms with van der Waals surface area (Å²) >= 11 is 1.31. The molecule has 0 fully saturated rings. The van der Waals surface area contributed by atoms with Crippen molar-refractivity contribution in [1.82, 2.24) is 10.3 Å². The van der Waals surface area contributed by atoms with Crippen molar-refractivity contribution < 1.29 is 9.59 Å². The van der Waals surface area contributed by atoms with Gasteiger partial charge in [-0.15, -0.1) is 11.3 Å². The molecule has 0 aliphatic carbocycles. The SMILES string of the molecule is Cc1ccc(NC(=O)CC(=O)NCc2csc(N)n2)cc1. The molecule has 1 heterocycles. The van der Waals surface area contributed by atoms with Gasteiger partial charge in [0.1, 0.15) is 6.42 Å². The van der Waals surface area contributed by atoms with E-state index in [9.17, 15) is 9.59 Å². The summed E-state index contributed by atoms with van der Waals surface area (Å²) in [4.78, 5) is 27.4. The average Bonchev–Trinajstić information content (AvgIpc) is 2.85. The zero-order valence-electron chi connectivity index (χ0n) is 11.6. The van der Waals surface area contributed by atoms with Gasteiger partial charge in [0.15, 0.2) is 5.13 Å². The number of nitrogens with zero attached hydrogens (tertiary/aromatic N) is 1. The zero-order valence-corrected chi connectivity index (χ0v) is 12.4. The lowest BCUT2D eigenvalue weighted by Crippen LogP contribution is -2.27. The summed E-state index contributed by atoms with van der Waals surface area (Å²) in [5.41, 5.74) is 7.95. The number of hydrogen-bond acceptors (Lipinski definition) is 5. The lowest BCUT2D eigenvalue weighted by molar-refractivity contribution is -0.126. The Hall–Kier alpha value is -2.41. The number of carbonyl (C=O) groups excluding carboxylic acids is 2. The van der Waals surface area contributed by atoms with Crippen molar-refractivity contribution in [3.8, 4) is 0 Å². The van der Waals surface area contributed by atoms with E-state index < -0.39 is 0 Å². The third-order valence-electron chi connectivity index (χ3n) is 2.69. The summed E-state index contributed by atoms with van der Waals surface area (Å²) in [5, 5.41) is 7.52. The van der Waals surface area contributed by atoms with Crippen molar-refractivity contribution in [1.29, 1.82) is 0 Å². The Bertz CT molecular complexity index is 637. The van der Waals surface area contributed by atoms with E-state index in [1.54, 1.807) is 17.5 Å². The van der Waals surface area contributed by atoms with Crippen molar-refractivity contribution >= 4 is 34.0 Å². The van der Waals surface area contributed by atoms with E-state index >= 15 is 0 Å². The molecule has 6 nitrogen and oxygen atoms in total. The Morgan fingerprint density at radius 1 is 1.24 bits per heavy atom. The minimum absolute atomic E-state index is 0.229. The first-order valence-electron chi connectivity index (χ1n) is 6.36. The molecule has 1 aromatic heterocycles. The predicted molar refractivity (Wildman–Crippen MR) is 82.8 cm³/mol. The second-order valence-corrected chi connectivity index (χ2v) is 5.43. The second kappa shape index (κ2) is 6.85. The smallest absolute Gasteiger partial charge is 0.233 e. The molecule has 0 radical (unpaired) electrons. The molecule has 0 unspecified atom stereocenters. The summed E-state index contributed by atoms with van der Waals surface area (Å²) in [6.07, 6.45) is -0.229. The molecule has 0 bridgehead atoms. The minimum Gasteiger partial charge on any atom is -0.375 e. The third-order valence-corrected chi connectivity index (χ3v) is 3.42. The summed E-state index contributed by atoms with van der Waals surface area (Å²) in [6, 6.07) is 7.37. The van der Waals surface area contributed by atoms with E-state index in [1.807, 2.05) is 19.1 Å². The minimum atomic E-state index is -0.355. The molecule has 1 aromatic carbocycles. The fraction of sp³-hybridized carbons (Fsp3) is 0.214. The first kappa shape index (κ1) is 15.0. The van der Waals surface area contributed by atoms with Gasteiger partial charge in [0.2, 0.25) is 11.8 Å². The number of nitrogens with one attached hydrogen (secondary N) is 2. The fourth-order valence-corrected chi connectivity index (χ4v) is 2.21. The van der Waals surface area contributed by atoms with E-state index in [-0.39, 0.29) is 24.8 Å². The summed E-state index contributed by atoms with van der Waals surface area (Å²) in [7, 11) is 0. The van der Waals surface area contributed by atoms with Crippen LogP contribution in [0.5, 0.6) is 0 Å². The highest BCUT2D eigenvalue weighted by Crippen LogP contribution is 2.11. The maximum absolute atomic E-state index is 11.7. The molecule has 110 valence electrons. The van der Waals surface area contributed by atoms with Crippen molar-refractivity contribution in [2.75, 3.05) is 11.1 Å². The number of benzene rings is 1. The van der Waals surface area contributed by atoms with Crippen molar-refractivity contribution in [2.45, 2.75) is 19.9 Å². The van der Waals surface area contributed by atoms with E-state index in [0.29, 0.717) is 16.5 Å². The molecule has 0 spiro atoms. The molecule has 0 aliphatic rings. The second-order valence-electron chi connectivity index (χ2n) is 4.54. The number of anilines is 2. The molecule has 4 N–H and O–H groups in total. The first-order chi connectivity index (χ1) is 10.0. The van der Waals surface area contributed by atoms with Crippen LogP contribution in [0.15, 0.2) is 29.6 Å². The van der Waals surface area contributed by atoms with Gasteiger partial charge in [-0.3, -0.25) is 9.59 Å². The highest BCUT2D eigenvalue weighted by Gasteiger charge is 2.10. The number of amides is 2. The zero-order chi connectivity index (χ0) is 15.2. The number of carbonyl (C=O) groups is 2. The van der Waals surface area contributed by atoms with Gasteiger partial charge in [-0.25, -0.2) is 4.98 Å². The molecular formula is C14H16N4O2S. The van der Waals surface area contributed by atoms with E-state index in [2.05, 4.69) is 15.6 Å². The van der Waals surface area contributed by atoms with Gasteiger partial charge in [-0.05, 0) is 19.1 Å². The Labute approximate surface area is 126 Å². The van der Waals surface area contributed by atoms with Crippen LogP contribution in [-0.4, -0.2) is 16.8 Å². The third kappa shape index (κ3) is 4.88. The van der Waals surface area contributed by atoms with Gasteiger partial charge < -0.3 is 16.4 Å². The predicted octanol–water partition coefficient (Wildman–Crippen LogP) is 1.68. The van der Waals surface area contributed by atoms with Gasteiger partial charge in [-0.1, -0.05) is 17.7 Å². The van der Waals surface area contributed by atoms with Crippen LogP contribution in [0.25, 0.3) is 0 Å². The maximum Gasteiger partial charge on any atom is 0.233 e. The van der Waals surface area contributed by atoms with Gasteiger partial charge in [0.05, 0.1) is 12.2 Å². The summed E-state index contributed by atoms with van der Waals surface area (Å²) in [6.45, 7) is 2.23. The number of rotatable bonds is 5. The number of aryl methyl sites for hydroxylation is 1. The number of nitrogen functional groups attached to an aromatic ring is 1. The van der Waals surface area contributed by atoms with Crippen LogP contribution in [-0.2, 0) is 16.1 Å². The molecule has 0 saturated heterocycles. The largest absolute Gasteiger partial charge is 0.375 e. The van der Waals surface area contributed by atoms with Gasteiger partial charge in [-0.2, -0.15) is 0 Å². The molecule has 0 saturated carbocycles. The van der Waals surface area contributed by atoms with Crippen LogP contribution in [0.3, 0.4) is 0 Å². The maximum atomic E-state index is 11.7. The van der Waals surface area contributed by atoms with E-state index in [4.69, 9.17) is 5.73 Å². The normalized spacial score (nSPS) is 10.1. The monoisotopic (exact) mass is 304 g/mol. The van der Waals surface area contributed by atoms with Crippen molar-refractivity contribution in [3.05, 3.63) is 40.9 Å². The number of thiazole rings is 1. The van der Waals surface area contributed by atoms with E-state index in [0.717, 1.165) is 5.56 Å². The molecule has 21 heavy (non-hydrogen) atoms. The average molecular weight is 304 g/mol. The Morgan fingerprint density at radius 2 is 1.95 bits per heavy atom. The van der Waals surface area contributed by atoms with Crippen LogP contribution in [0.1, 0.15) is 17.7 Å². The summed E-state index contributed by atoms with van der Waals surface area (Å²) < 4.78 is 0. The fourth-order valence-electron chi connectivity index (χ4n) is 1.64. The quantitative estimate of drug-likeness (QED) is 0.732. The van der Waals surface area contributed by atoms with E-state index in [1.165, 1.54) is 11.3 Å². The highest BCUT2D eigenvalue weighted by molar-refractivity contribution is 7.13. The lowest BCUT2D eigenvalue weighted by atomic mass is 10.2. The number of nitrogens with two attached hydrogens (primary N) is 1. The van der Waals surface area contributed by atoms with Gasteiger partial charge >= 0.3 is 0 Å². The molecule has 7 heteroatoms. The number of aromatic nitrogens is 1. The standard InChI is InChI=1S/C14H16N4O2S/c1-9-2-4-10(5-3-9)17-13(20)6-12(19)16-7-11-8-21-14(15)18-11/h2-5,8H,6-7H2,1H3,(H2,15,18)(H,16,19)(H,17,20). The first-order valence-corrected chi connectivity index (χ1v) is 7.24. The molecule has 0 atom stereocenters. The van der Waals surface area contributed by atoms with Gasteiger partial charge in [0.25, 0.3) is 0 Å². The van der Waals surface area contributed by atoms with Crippen molar-refractivity contribution in [3.63, 3.8) is 0 Å². The molecule has 2 amide bonds. The Morgan fingerprint density at radius 3 is 2.57 bits per heavy atom. The summed E-state index contributed by atoms with van der Waals surface area (Å²) in [5.74, 6) is -0.708.